The van der Waals surface area contributed by atoms with E-state index >= 15 is 0 Å². The predicted octanol–water partition coefficient (Wildman–Crippen LogP) is 4.25. The molecule has 2 N–H and O–H groups in total. The molecule has 0 bridgehead atoms. The highest BCUT2D eigenvalue weighted by atomic mass is 16.2. The van der Waals surface area contributed by atoms with Gasteiger partial charge in [-0.1, -0.05) is 36.4 Å². The summed E-state index contributed by atoms with van der Waals surface area (Å²) in [5.74, 6) is 0.000234. The predicted molar refractivity (Wildman–Crippen MR) is 112 cm³/mol. The molecule has 1 aliphatic rings. The summed E-state index contributed by atoms with van der Waals surface area (Å²) < 4.78 is 0. The Kier molecular flexibility index (Phi) is 6.02. The number of nitrogens with one attached hydrogen (secondary N) is 2. The first-order valence-corrected chi connectivity index (χ1v) is 9.82. The highest BCUT2D eigenvalue weighted by Crippen LogP contribution is 2.30. The van der Waals surface area contributed by atoms with E-state index in [9.17, 15) is 9.59 Å². The van der Waals surface area contributed by atoms with Gasteiger partial charge in [-0.3, -0.25) is 4.79 Å². The average molecular weight is 380 g/mol. The number of carbonyl (C=O) groups excluding carboxylic acids is 2. The van der Waals surface area contributed by atoms with Gasteiger partial charge in [0.05, 0.1) is 5.41 Å². The molecule has 1 saturated heterocycles. The zero-order valence-corrected chi connectivity index (χ0v) is 16.9. The van der Waals surface area contributed by atoms with Gasteiger partial charge in [0.15, 0.2) is 0 Å². The molecule has 148 valence electrons. The van der Waals surface area contributed by atoms with Gasteiger partial charge in [0.1, 0.15) is 0 Å². The maximum absolute atomic E-state index is 12.8. The van der Waals surface area contributed by atoms with Crippen molar-refractivity contribution in [1.82, 2.24) is 10.2 Å². The number of nitrogens with zero attached hydrogens (tertiary/aromatic N) is 1. The lowest BCUT2D eigenvalue weighted by molar-refractivity contribution is -0.132. The van der Waals surface area contributed by atoms with E-state index in [0.717, 1.165) is 35.2 Å². The molecule has 0 radical (unpaired) electrons. The number of hydrogen-bond donors (Lipinski definition) is 2. The van der Waals surface area contributed by atoms with Crippen molar-refractivity contribution in [3.05, 3.63) is 65.2 Å². The fraction of sp³-hybridized carbons (Fsp3) is 0.391. The first-order valence-electron chi connectivity index (χ1n) is 9.82. The molecule has 0 spiro atoms. The van der Waals surface area contributed by atoms with E-state index < -0.39 is 5.41 Å². The van der Waals surface area contributed by atoms with Crippen LogP contribution in [0.5, 0.6) is 0 Å². The summed E-state index contributed by atoms with van der Waals surface area (Å²) in [5, 5.41) is 6.02. The number of benzene rings is 2. The van der Waals surface area contributed by atoms with Crippen molar-refractivity contribution in [2.75, 3.05) is 18.4 Å². The summed E-state index contributed by atoms with van der Waals surface area (Å²) in [6.45, 7) is 7.56. The number of anilines is 1. The van der Waals surface area contributed by atoms with E-state index in [1.165, 1.54) is 0 Å². The Morgan fingerprint density at radius 1 is 1.07 bits per heavy atom. The van der Waals surface area contributed by atoms with Crippen molar-refractivity contribution >= 4 is 17.6 Å². The maximum atomic E-state index is 12.8. The molecule has 1 heterocycles. The Hall–Kier alpha value is -2.82. The Balaban J connectivity index is 1.61. The van der Waals surface area contributed by atoms with Gasteiger partial charge >= 0.3 is 6.03 Å². The van der Waals surface area contributed by atoms with E-state index in [-0.39, 0.29) is 11.9 Å². The van der Waals surface area contributed by atoms with Crippen LogP contribution in [-0.2, 0) is 11.3 Å². The first kappa shape index (κ1) is 19.9. The largest absolute Gasteiger partial charge is 0.351 e. The minimum atomic E-state index is -0.576. The first-order chi connectivity index (χ1) is 13.4. The number of carbonyl (C=O) groups is 2. The number of urea groups is 1. The second-order valence-electron chi connectivity index (χ2n) is 8.06. The van der Waals surface area contributed by atoms with Crippen molar-refractivity contribution in [3.63, 3.8) is 0 Å². The lowest BCUT2D eigenvalue weighted by atomic mass is 9.81. The highest BCUT2D eigenvalue weighted by molar-refractivity contribution is 5.90. The second-order valence-corrected chi connectivity index (χ2v) is 8.06. The Morgan fingerprint density at radius 2 is 1.75 bits per heavy atom. The van der Waals surface area contributed by atoms with Crippen LogP contribution in [0.25, 0.3) is 0 Å². The van der Waals surface area contributed by atoms with Gasteiger partial charge in [-0.2, -0.15) is 0 Å². The maximum Gasteiger partial charge on any atom is 0.321 e. The number of likely N-dealkylation sites (tertiary alicyclic amines) is 1. The lowest BCUT2D eigenvalue weighted by Gasteiger charge is -2.39. The second kappa shape index (κ2) is 8.46. The van der Waals surface area contributed by atoms with Gasteiger partial charge in [-0.25, -0.2) is 4.79 Å². The van der Waals surface area contributed by atoms with Crippen LogP contribution in [0.2, 0.25) is 0 Å². The molecule has 5 heteroatoms. The third-order valence-electron chi connectivity index (χ3n) is 5.30. The molecular weight excluding hydrogens is 350 g/mol. The summed E-state index contributed by atoms with van der Waals surface area (Å²) >= 11 is 0. The summed E-state index contributed by atoms with van der Waals surface area (Å²) in [6.07, 6.45) is 1.59. The molecule has 2 aromatic carbocycles. The van der Waals surface area contributed by atoms with Crippen molar-refractivity contribution in [1.29, 1.82) is 0 Å². The number of piperidine rings is 1. The quantitative estimate of drug-likeness (QED) is 0.834. The van der Waals surface area contributed by atoms with Gasteiger partial charge in [-0.05, 0) is 62.4 Å². The molecular formula is C23H29N3O2. The zero-order chi connectivity index (χ0) is 20.1. The molecule has 0 aliphatic carbocycles. The smallest absolute Gasteiger partial charge is 0.321 e. The number of aryl methyl sites for hydroxylation is 2. The van der Waals surface area contributed by atoms with Gasteiger partial charge in [0.25, 0.3) is 0 Å². The van der Waals surface area contributed by atoms with E-state index in [4.69, 9.17) is 0 Å². The van der Waals surface area contributed by atoms with Crippen molar-refractivity contribution < 1.29 is 9.59 Å². The minimum absolute atomic E-state index is 0.000234. The Bertz CT molecular complexity index is 830. The summed E-state index contributed by atoms with van der Waals surface area (Å²) in [6, 6.07) is 15.7. The van der Waals surface area contributed by atoms with Crippen LogP contribution in [0.1, 0.15) is 36.5 Å². The van der Waals surface area contributed by atoms with Crippen LogP contribution in [0.15, 0.2) is 48.5 Å². The molecule has 1 fully saturated rings. The van der Waals surface area contributed by atoms with Crippen molar-refractivity contribution in [2.45, 2.75) is 40.2 Å². The third kappa shape index (κ3) is 4.91. The molecule has 2 aromatic rings. The summed E-state index contributed by atoms with van der Waals surface area (Å²) in [4.78, 5) is 27.4. The van der Waals surface area contributed by atoms with Crippen molar-refractivity contribution in [2.24, 2.45) is 5.41 Å². The SMILES string of the molecule is Cc1cc(C)cc(NC(=O)N2CCC[C@](C)(C(=O)NCc3ccccc3)C2)c1. The molecule has 1 atom stereocenters. The van der Waals surface area contributed by atoms with Crippen molar-refractivity contribution in [3.8, 4) is 0 Å². The summed E-state index contributed by atoms with van der Waals surface area (Å²) in [5.41, 5.74) is 3.51. The molecule has 28 heavy (non-hydrogen) atoms. The average Bonchev–Trinajstić information content (AvgIpc) is 2.66. The number of hydrogen-bond acceptors (Lipinski definition) is 2. The molecule has 5 nitrogen and oxygen atoms in total. The Morgan fingerprint density at radius 3 is 2.43 bits per heavy atom. The van der Waals surface area contributed by atoms with Crippen LogP contribution in [0.3, 0.4) is 0 Å². The fourth-order valence-electron chi connectivity index (χ4n) is 3.84. The van der Waals surface area contributed by atoms with Gasteiger partial charge in [0, 0.05) is 25.3 Å². The van der Waals surface area contributed by atoms with E-state index in [1.54, 1.807) is 4.90 Å². The van der Waals surface area contributed by atoms with Gasteiger partial charge in [0.2, 0.25) is 5.91 Å². The minimum Gasteiger partial charge on any atom is -0.351 e. The highest BCUT2D eigenvalue weighted by Gasteiger charge is 2.39. The lowest BCUT2D eigenvalue weighted by Crippen LogP contribution is -2.52. The van der Waals surface area contributed by atoms with E-state index in [0.29, 0.717) is 19.6 Å². The molecule has 1 aliphatic heterocycles. The zero-order valence-electron chi connectivity index (χ0n) is 16.9. The number of amides is 3. The van der Waals surface area contributed by atoms with Crippen LogP contribution in [0, 0.1) is 19.3 Å². The monoisotopic (exact) mass is 379 g/mol. The van der Waals surface area contributed by atoms with Crippen LogP contribution < -0.4 is 10.6 Å². The molecule has 3 rings (SSSR count). The normalized spacial score (nSPS) is 19.2. The summed E-state index contributed by atoms with van der Waals surface area (Å²) in [7, 11) is 0. The Labute approximate surface area is 167 Å². The van der Waals surface area contributed by atoms with Gasteiger partial charge in [-0.15, -0.1) is 0 Å². The third-order valence-corrected chi connectivity index (χ3v) is 5.30. The molecule has 0 saturated carbocycles. The fourth-order valence-corrected chi connectivity index (χ4v) is 3.84. The molecule has 3 amide bonds. The number of rotatable bonds is 4. The van der Waals surface area contributed by atoms with Crippen LogP contribution in [0.4, 0.5) is 10.5 Å². The van der Waals surface area contributed by atoms with Gasteiger partial charge < -0.3 is 15.5 Å². The standard InChI is InChI=1S/C23H29N3O2/c1-17-12-18(2)14-20(13-17)25-22(28)26-11-7-10-23(3,16-26)21(27)24-15-19-8-5-4-6-9-19/h4-6,8-9,12-14H,7,10-11,15-16H2,1-3H3,(H,24,27)(H,25,28)/t23-/m0/s1. The van der Waals surface area contributed by atoms with E-state index in [2.05, 4.69) is 16.7 Å². The topological polar surface area (TPSA) is 61.4 Å². The van der Waals surface area contributed by atoms with E-state index in [1.807, 2.05) is 63.2 Å². The van der Waals surface area contributed by atoms with Crippen LogP contribution in [-0.4, -0.2) is 29.9 Å². The van der Waals surface area contributed by atoms with Crippen LogP contribution >= 0.6 is 0 Å². The molecule has 0 unspecified atom stereocenters. The molecule has 0 aromatic heterocycles.